The van der Waals surface area contributed by atoms with Gasteiger partial charge in [0, 0.05) is 0 Å². The first kappa shape index (κ1) is 21.5. The minimum absolute atomic E-state index is 0.757. The van der Waals surface area contributed by atoms with Crippen LogP contribution in [0.3, 0.4) is 0 Å². The molecule has 0 aromatic heterocycles. The Balaban J connectivity index is 1.38. The lowest BCUT2D eigenvalue weighted by molar-refractivity contribution is 0.141. The molecule has 1 aromatic rings. The molecule has 0 atom stereocenters. The second-order valence-corrected chi connectivity index (χ2v) is 9.44. The van der Waals surface area contributed by atoms with E-state index in [0.717, 1.165) is 41.2 Å². The van der Waals surface area contributed by atoms with Gasteiger partial charge in [0.2, 0.25) is 0 Å². The second-order valence-electron chi connectivity index (χ2n) is 9.44. The number of hydrogen-bond donors (Lipinski definition) is 0. The van der Waals surface area contributed by atoms with Crippen molar-refractivity contribution >= 4 is 5.57 Å². The summed E-state index contributed by atoms with van der Waals surface area (Å²) in [7, 11) is 0. The fourth-order valence-electron chi connectivity index (χ4n) is 5.70. The Morgan fingerprint density at radius 1 is 0.857 bits per heavy atom. The van der Waals surface area contributed by atoms with Crippen LogP contribution < -0.4 is 0 Å². The molecule has 0 bridgehead atoms. The van der Waals surface area contributed by atoms with Crippen molar-refractivity contribution in [3.63, 3.8) is 0 Å². The van der Waals surface area contributed by atoms with Crippen molar-refractivity contribution in [2.24, 2.45) is 23.7 Å². The van der Waals surface area contributed by atoms with Gasteiger partial charge in [0.1, 0.15) is 0 Å². The van der Waals surface area contributed by atoms with Crippen LogP contribution in [0, 0.1) is 35.3 Å². The molecule has 0 heterocycles. The number of allylic oxidation sites excluding steroid dienone is 2. The van der Waals surface area contributed by atoms with Crippen LogP contribution in [0.5, 0.6) is 0 Å². The first-order valence-corrected chi connectivity index (χ1v) is 11.7. The van der Waals surface area contributed by atoms with Crippen LogP contribution >= 0.6 is 0 Å². The number of halogens is 2. The minimum atomic E-state index is -0.771. The van der Waals surface area contributed by atoms with Crippen LogP contribution in [0.25, 0.3) is 5.57 Å². The van der Waals surface area contributed by atoms with E-state index in [1.807, 2.05) is 6.92 Å². The van der Waals surface area contributed by atoms with Gasteiger partial charge in [0.15, 0.2) is 11.6 Å². The average Bonchev–Trinajstić information content (AvgIpc) is 2.71. The first-order chi connectivity index (χ1) is 13.6. The summed E-state index contributed by atoms with van der Waals surface area (Å²) < 4.78 is 26.5. The van der Waals surface area contributed by atoms with Crippen LogP contribution in [-0.2, 0) is 0 Å². The highest BCUT2D eigenvalue weighted by Gasteiger charge is 2.30. The van der Waals surface area contributed by atoms with E-state index in [1.165, 1.54) is 82.8 Å². The molecule has 0 N–H and O–H groups in total. The maximum absolute atomic E-state index is 13.4. The molecule has 0 saturated heterocycles. The smallest absolute Gasteiger partial charge is 0.159 e. The largest absolute Gasteiger partial charge is 0.204 e. The van der Waals surface area contributed by atoms with Gasteiger partial charge in [0.25, 0.3) is 0 Å². The maximum Gasteiger partial charge on any atom is 0.159 e. The number of rotatable bonds is 7. The van der Waals surface area contributed by atoms with Crippen LogP contribution in [0.4, 0.5) is 8.78 Å². The summed E-state index contributed by atoms with van der Waals surface area (Å²) in [4.78, 5) is 0. The molecule has 2 aliphatic rings. The van der Waals surface area contributed by atoms with Gasteiger partial charge in [-0.25, -0.2) is 8.78 Å². The summed E-state index contributed by atoms with van der Waals surface area (Å²) in [6.45, 7) is 4.32. The first-order valence-electron chi connectivity index (χ1n) is 11.7. The van der Waals surface area contributed by atoms with E-state index in [1.54, 1.807) is 6.07 Å². The molecule has 1 aromatic carbocycles. The zero-order valence-corrected chi connectivity index (χ0v) is 17.9. The van der Waals surface area contributed by atoms with Crippen molar-refractivity contribution in [1.29, 1.82) is 0 Å². The molecule has 0 spiro atoms. The zero-order valence-electron chi connectivity index (χ0n) is 17.9. The zero-order chi connectivity index (χ0) is 19.9. The van der Waals surface area contributed by atoms with E-state index in [2.05, 4.69) is 13.0 Å². The number of hydrogen-bond acceptors (Lipinski definition) is 0. The Morgan fingerprint density at radius 3 is 1.96 bits per heavy atom. The molecule has 0 unspecified atom stereocenters. The molecule has 156 valence electrons. The van der Waals surface area contributed by atoms with Crippen LogP contribution in [-0.4, -0.2) is 0 Å². The third-order valence-corrected chi connectivity index (χ3v) is 7.55. The van der Waals surface area contributed by atoms with E-state index in [-0.39, 0.29) is 0 Å². The summed E-state index contributed by atoms with van der Waals surface area (Å²) in [5.74, 6) is 2.33. The third-order valence-electron chi connectivity index (χ3n) is 7.55. The van der Waals surface area contributed by atoms with Gasteiger partial charge in [-0.2, -0.15) is 0 Å². The molecule has 0 nitrogen and oxygen atoms in total. The molecule has 2 aliphatic carbocycles. The lowest BCUT2D eigenvalue weighted by Crippen LogP contribution is -2.25. The Labute approximate surface area is 170 Å². The second kappa shape index (κ2) is 10.6. The van der Waals surface area contributed by atoms with E-state index in [0.29, 0.717) is 0 Å². The summed E-state index contributed by atoms with van der Waals surface area (Å²) in [5.41, 5.74) is 1.85. The predicted molar refractivity (Wildman–Crippen MR) is 115 cm³/mol. The topological polar surface area (TPSA) is 0 Å². The molecular formula is C26H38F2. The summed E-state index contributed by atoms with van der Waals surface area (Å²) in [6.07, 6.45) is 18.8. The molecule has 2 fully saturated rings. The number of benzene rings is 1. The monoisotopic (exact) mass is 388 g/mol. The van der Waals surface area contributed by atoms with E-state index in [4.69, 9.17) is 0 Å². The Morgan fingerprint density at radius 2 is 1.43 bits per heavy atom. The van der Waals surface area contributed by atoms with Gasteiger partial charge in [-0.1, -0.05) is 57.6 Å². The van der Waals surface area contributed by atoms with E-state index >= 15 is 0 Å². The van der Waals surface area contributed by atoms with Crippen molar-refractivity contribution < 1.29 is 8.78 Å². The molecule has 28 heavy (non-hydrogen) atoms. The summed E-state index contributed by atoms with van der Waals surface area (Å²) in [5, 5.41) is 0. The van der Waals surface area contributed by atoms with Gasteiger partial charge >= 0.3 is 0 Å². The predicted octanol–water partition coefficient (Wildman–Crippen LogP) is 8.56. The molecule has 2 heteroatoms. The van der Waals surface area contributed by atoms with Crippen molar-refractivity contribution in [1.82, 2.24) is 0 Å². The molecule has 2 saturated carbocycles. The lowest BCUT2D eigenvalue weighted by atomic mass is 9.68. The quantitative estimate of drug-likeness (QED) is 0.439. The van der Waals surface area contributed by atoms with Crippen molar-refractivity contribution in [3.8, 4) is 0 Å². The highest BCUT2D eigenvalue weighted by molar-refractivity contribution is 5.63. The fraction of sp³-hybridized carbons (Fsp3) is 0.692. The van der Waals surface area contributed by atoms with Gasteiger partial charge in [-0.15, -0.1) is 0 Å². The van der Waals surface area contributed by atoms with Gasteiger partial charge in [0.05, 0.1) is 0 Å². The average molecular weight is 389 g/mol. The van der Waals surface area contributed by atoms with Crippen LogP contribution in [0.15, 0.2) is 24.3 Å². The van der Waals surface area contributed by atoms with Gasteiger partial charge < -0.3 is 0 Å². The fourth-order valence-corrected chi connectivity index (χ4v) is 5.70. The lowest BCUT2D eigenvalue weighted by Gasteiger charge is -2.38. The Bertz CT molecular complexity index is 632. The standard InChI is InChI=1S/C26H38F2/c1-3-5-20-8-12-22(13-9-20)23-14-10-21(11-15-23)7-4-6-19(2)24-16-17-25(27)26(28)18-24/h6,16-18,20-23H,3-5,7-15H2,1-2H3/b19-6+. The normalized spacial score (nSPS) is 29.1. The Kier molecular flexibility index (Phi) is 8.11. The molecule has 0 aliphatic heterocycles. The molecule has 0 radical (unpaired) electrons. The van der Waals surface area contributed by atoms with Crippen LogP contribution in [0.2, 0.25) is 0 Å². The summed E-state index contributed by atoms with van der Waals surface area (Å²) >= 11 is 0. The SMILES string of the molecule is CCCC1CCC(C2CCC(CC/C=C(\C)c3ccc(F)c(F)c3)CC2)CC1. The van der Waals surface area contributed by atoms with Gasteiger partial charge in [-0.3, -0.25) is 0 Å². The molecular weight excluding hydrogens is 350 g/mol. The van der Waals surface area contributed by atoms with Crippen molar-refractivity contribution in [2.75, 3.05) is 0 Å². The van der Waals surface area contributed by atoms with Gasteiger partial charge in [-0.05, 0) is 92.4 Å². The highest BCUT2D eigenvalue weighted by Crippen LogP contribution is 2.43. The molecule has 0 amide bonds. The minimum Gasteiger partial charge on any atom is -0.204 e. The highest BCUT2D eigenvalue weighted by atomic mass is 19.2. The van der Waals surface area contributed by atoms with E-state index in [9.17, 15) is 8.78 Å². The third kappa shape index (κ3) is 5.91. The van der Waals surface area contributed by atoms with E-state index < -0.39 is 11.6 Å². The maximum atomic E-state index is 13.4. The van der Waals surface area contributed by atoms with Crippen molar-refractivity contribution in [3.05, 3.63) is 41.5 Å². The van der Waals surface area contributed by atoms with Crippen LogP contribution in [0.1, 0.15) is 96.5 Å². The summed E-state index contributed by atoms with van der Waals surface area (Å²) in [6, 6.07) is 4.20. The Hall–Kier alpha value is -1.18. The van der Waals surface area contributed by atoms with Crippen molar-refractivity contribution in [2.45, 2.75) is 90.9 Å². The molecule has 3 rings (SSSR count).